The monoisotopic (exact) mass is 353 g/mol. The predicted octanol–water partition coefficient (Wildman–Crippen LogP) is 4.89. The molecular formula is C14H9ClIN. The average molecular weight is 354 g/mol. The number of fused-ring (bicyclic) bond motifs is 1. The molecule has 0 aliphatic carbocycles. The van der Waals surface area contributed by atoms with Gasteiger partial charge in [-0.3, -0.25) is 0 Å². The molecule has 3 heteroatoms. The number of halogens is 2. The van der Waals surface area contributed by atoms with Crippen LogP contribution in [0.1, 0.15) is 0 Å². The van der Waals surface area contributed by atoms with Crippen molar-refractivity contribution in [3.05, 3.63) is 63.3 Å². The van der Waals surface area contributed by atoms with Gasteiger partial charge in [0.2, 0.25) is 0 Å². The highest BCUT2D eigenvalue weighted by molar-refractivity contribution is 14.1. The van der Waals surface area contributed by atoms with Crippen LogP contribution >= 0.6 is 34.2 Å². The summed E-state index contributed by atoms with van der Waals surface area (Å²) in [6.45, 7) is 0. The largest absolute Gasteiger partial charge is 0.315 e. The van der Waals surface area contributed by atoms with E-state index in [1.165, 1.54) is 14.8 Å². The van der Waals surface area contributed by atoms with Gasteiger partial charge in [0.15, 0.2) is 0 Å². The van der Waals surface area contributed by atoms with E-state index in [2.05, 4.69) is 63.7 Å². The molecule has 3 aromatic rings. The highest BCUT2D eigenvalue weighted by atomic mass is 127. The molecule has 0 atom stereocenters. The lowest BCUT2D eigenvalue weighted by atomic mass is 10.2. The highest BCUT2D eigenvalue weighted by Crippen LogP contribution is 2.25. The maximum atomic E-state index is 5.99. The van der Waals surface area contributed by atoms with Crippen LogP contribution in [0.2, 0.25) is 5.02 Å². The van der Waals surface area contributed by atoms with Gasteiger partial charge < -0.3 is 4.57 Å². The van der Waals surface area contributed by atoms with Gasteiger partial charge in [-0.05, 0) is 59.0 Å². The van der Waals surface area contributed by atoms with E-state index in [0.29, 0.717) is 0 Å². The molecule has 0 fully saturated rings. The van der Waals surface area contributed by atoms with Crippen LogP contribution in [0.3, 0.4) is 0 Å². The molecule has 3 rings (SSSR count). The summed E-state index contributed by atoms with van der Waals surface area (Å²) in [6.07, 6.45) is 2.08. The van der Waals surface area contributed by atoms with Crippen LogP contribution < -0.4 is 0 Å². The zero-order chi connectivity index (χ0) is 11.8. The fraction of sp³-hybridized carbons (Fsp3) is 0. The Morgan fingerprint density at radius 1 is 1.00 bits per heavy atom. The van der Waals surface area contributed by atoms with Crippen LogP contribution in [-0.2, 0) is 0 Å². The first-order valence-electron chi connectivity index (χ1n) is 5.27. The van der Waals surface area contributed by atoms with Crippen molar-refractivity contribution in [2.75, 3.05) is 0 Å². The molecule has 2 aromatic carbocycles. The van der Waals surface area contributed by atoms with Gasteiger partial charge in [0.25, 0.3) is 0 Å². The van der Waals surface area contributed by atoms with Crippen molar-refractivity contribution in [2.24, 2.45) is 0 Å². The van der Waals surface area contributed by atoms with E-state index in [0.717, 1.165) is 10.4 Å². The molecule has 1 aromatic heterocycles. The molecule has 0 bridgehead atoms. The summed E-state index contributed by atoms with van der Waals surface area (Å²) in [5, 5.41) is 1.94. The Bertz CT molecular complexity index is 688. The van der Waals surface area contributed by atoms with Crippen molar-refractivity contribution in [3.63, 3.8) is 0 Å². The van der Waals surface area contributed by atoms with Crippen LogP contribution in [0.4, 0.5) is 0 Å². The van der Waals surface area contributed by atoms with E-state index in [-0.39, 0.29) is 0 Å². The molecule has 0 amide bonds. The van der Waals surface area contributed by atoms with Gasteiger partial charge >= 0.3 is 0 Å². The normalized spacial score (nSPS) is 10.9. The van der Waals surface area contributed by atoms with Gasteiger partial charge in [-0.2, -0.15) is 0 Å². The maximum Gasteiger partial charge on any atom is 0.0589 e. The van der Waals surface area contributed by atoms with Crippen molar-refractivity contribution >= 4 is 45.1 Å². The van der Waals surface area contributed by atoms with Crippen LogP contribution in [0.5, 0.6) is 0 Å². The third-order valence-corrected chi connectivity index (χ3v) is 3.91. The Balaban J connectivity index is 2.29. The Kier molecular flexibility index (Phi) is 2.84. The summed E-state index contributed by atoms with van der Waals surface area (Å²) in [5.74, 6) is 0. The number of para-hydroxylation sites is 1. The van der Waals surface area contributed by atoms with Crippen molar-refractivity contribution in [2.45, 2.75) is 0 Å². The van der Waals surface area contributed by atoms with E-state index in [9.17, 15) is 0 Å². The smallest absolute Gasteiger partial charge is 0.0589 e. The first-order chi connectivity index (χ1) is 8.25. The van der Waals surface area contributed by atoms with E-state index >= 15 is 0 Å². The topological polar surface area (TPSA) is 4.93 Å². The molecule has 0 N–H and O–H groups in total. The fourth-order valence-electron chi connectivity index (χ4n) is 1.97. The van der Waals surface area contributed by atoms with Gasteiger partial charge in [-0.25, -0.2) is 0 Å². The second-order valence-electron chi connectivity index (χ2n) is 3.84. The van der Waals surface area contributed by atoms with Gasteiger partial charge in [0, 0.05) is 20.2 Å². The average Bonchev–Trinajstić information content (AvgIpc) is 2.72. The third kappa shape index (κ3) is 1.96. The number of benzene rings is 2. The lowest BCUT2D eigenvalue weighted by Crippen LogP contribution is -1.94. The van der Waals surface area contributed by atoms with Crippen LogP contribution in [0.25, 0.3) is 16.6 Å². The summed E-state index contributed by atoms with van der Waals surface area (Å²) >= 11 is 8.35. The van der Waals surface area contributed by atoms with Crippen molar-refractivity contribution in [3.8, 4) is 5.69 Å². The number of rotatable bonds is 1. The SMILES string of the molecule is Clc1ccc2c(ccn2-c2ccccc2I)c1. The van der Waals surface area contributed by atoms with Crippen LogP contribution in [-0.4, -0.2) is 4.57 Å². The van der Waals surface area contributed by atoms with Crippen molar-refractivity contribution < 1.29 is 0 Å². The first-order valence-corrected chi connectivity index (χ1v) is 6.73. The molecule has 1 nitrogen and oxygen atoms in total. The zero-order valence-electron chi connectivity index (χ0n) is 8.90. The van der Waals surface area contributed by atoms with E-state index in [1.807, 2.05) is 18.2 Å². The molecule has 0 spiro atoms. The van der Waals surface area contributed by atoms with Crippen molar-refractivity contribution in [1.29, 1.82) is 0 Å². The summed E-state index contributed by atoms with van der Waals surface area (Å²) in [5.41, 5.74) is 2.38. The number of hydrogen-bond donors (Lipinski definition) is 0. The second kappa shape index (κ2) is 4.35. The molecule has 0 aliphatic heterocycles. The van der Waals surface area contributed by atoms with Gasteiger partial charge in [-0.1, -0.05) is 23.7 Å². The fourth-order valence-corrected chi connectivity index (χ4v) is 2.80. The molecule has 0 radical (unpaired) electrons. The molecule has 84 valence electrons. The number of aromatic nitrogens is 1. The maximum absolute atomic E-state index is 5.99. The minimum atomic E-state index is 0.776. The van der Waals surface area contributed by atoms with Crippen LogP contribution in [0, 0.1) is 3.57 Å². The first kappa shape index (κ1) is 11.1. The molecule has 1 heterocycles. The lowest BCUT2D eigenvalue weighted by Gasteiger charge is -2.07. The zero-order valence-corrected chi connectivity index (χ0v) is 11.8. The Labute approximate surface area is 118 Å². The number of nitrogens with zero attached hydrogens (tertiary/aromatic N) is 1. The molecule has 0 saturated heterocycles. The van der Waals surface area contributed by atoms with Crippen LogP contribution in [0.15, 0.2) is 54.7 Å². The molecule has 17 heavy (non-hydrogen) atoms. The second-order valence-corrected chi connectivity index (χ2v) is 5.44. The summed E-state index contributed by atoms with van der Waals surface area (Å²) in [7, 11) is 0. The lowest BCUT2D eigenvalue weighted by molar-refractivity contribution is 1.12. The van der Waals surface area contributed by atoms with Gasteiger partial charge in [-0.15, -0.1) is 0 Å². The Hall–Kier alpha value is -1.000. The van der Waals surface area contributed by atoms with E-state index in [1.54, 1.807) is 0 Å². The van der Waals surface area contributed by atoms with Crippen molar-refractivity contribution in [1.82, 2.24) is 4.57 Å². The minimum Gasteiger partial charge on any atom is -0.315 e. The van der Waals surface area contributed by atoms with E-state index < -0.39 is 0 Å². The molecule has 0 saturated carbocycles. The Morgan fingerprint density at radius 3 is 2.65 bits per heavy atom. The highest BCUT2D eigenvalue weighted by Gasteiger charge is 2.05. The summed E-state index contributed by atoms with van der Waals surface area (Å²) in [6, 6.07) is 16.4. The molecule has 0 aliphatic rings. The molecular weight excluding hydrogens is 345 g/mol. The quantitative estimate of drug-likeness (QED) is 0.549. The minimum absolute atomic E-state index is 0.776. The molecule has 0 unspecified atom stereocenters. The summed E-state index contributed by atoms with van der Waals surface area (Å²) in [4.78, 5) is 0. The van der Waals surface area contributed by atoms with Gasteiger partial charge in [0.05, 0.1) is 11.2 Å². The van der Waals surface area contributed by atoms with E-state index in [4.69, 9.17) is 11.6 Å². The standard InChI is InChI=1S/C14H9ClIN/c15-11-5-6-13-10(9-11)7-8-17(13)14-4-2-1-3-12(14)16/h1-9H. The predicted molar refractivity (Wildman–Crippen MR) is 81.0 cm³/mol. The Morgan fingerprint density at radius 2 is 1.82 bits per heavy atom. The van der Waals surface area contributed by atoms with Gasteiger partial charge in [0.1, 0.15) is 0 Å². The third-order valence-electron chi connectivity index (χ3n) is 2.76. The summed E-state index contributed by atoms with van der Waals surface area (Å²) < 4.78 is 3.42. The number of hydrogen-bond acceptors (Lipinski definition) is 0.